The van der Waals surface area contributed by atoms with E-state index >= 15 is 0 Å². The smallest absolute Gasteiger partial charge is 0.339 e. The van der Waals surface area contributed by atoms with Crippen LogP contribution in [-0.2, 0) is 12.8 Å². The Morgan fingerprint density at radius 3 is 2.57 bits per heavy atom. The van der Waals surface area contributed by atoms with Gasteiger partial charge in [0, 0.05) is 18.8 Å². The van der Waals surface area contributed by atoms with E-state index in [0.717, 1.165) is 61.3 Å². The fraction of sp³-hybridized carbons (Fsp3) is 0.647. The minimum atomic E-state index is -0.831. The normalized spacial score (nSPS) is 27.5. The van der Waals surface area contributed by atoms with E-state index in [4.69, 9.17) is 4.98 Å². The molecule has 4 nitrogen and oxygen atoms in total. The molecule has 2 heterocycles. The molecule has 1 aromatic heterocycles. The maximum absolute atomic E-state index is 11.6. The van der Waals surface area contributed by atoms with Gasteiger partial charge in [-0.25, -0.2) is 9.78 Å². The Labute approximate surface area is 125 Å². The summed E-state index contributed by atoms with van der Waals surface area (Å²) in [5.74, 6) is 1.41. The number of rotatable bonds is 2. The Bertz CT molecular complexity index is 572. The molecule has 4 rings (SSSR count). The summed E-state index contributed by atoms with van der Waals surface area (Å²) in [5.41, 5.74) is 2.70. The quantitative estimate of drug-likeness (QED) is 0.908. The molecule has 21 heavy (non-hydrogen) atoms. The topological polar surface area (TPSA) is 53.4 Å². The lowest BCUT2D eigenvalue weighted by atomic mass is 9.94. The molecule has 2 atom stereocenters. The lowest BCUT2D eigenvalue weighted by Gasteiger charge is -2.24. The molecule has 2 aliphatic carbocycles. The van der Waals surface area contributed by atoms with E-state index in [-0.39, 0.29) is 0 Å². The van der Waals surface area contributed by atoms with Crippen molar-refractivity contribution in [3.63, 3.8) is 0 Å². The Balaban J connectivity index is 1.71. The van der Waals surface area contributed by atoms with Gasteiger partial charge in [0.25, 0.3) is 0 Å². The number of aromatic carboxylic acids is 1. The van der Waals surface area contributed by atoms with E-state index < -0.39 is 5.97 Å². The molecule has 0 spiro atoms. The molecule has 0 aromatic carbocycles. The molecule has 1 N–H and O–H groups in total. The summed E-state index contributed by atoms with van der Waals surface area (Å²) in [6.45, 7) is 1.99. The molecule has 3 aliphatic rings. The SMILES string of the molecule is O=C(O)c1cc2c(nc1N1CC3CCCC3C1)CCCC2. The van der Waals surface area contributed by atoms with Gasteiger partial charge in [-0.15, -0.1) is 0 Å². The Morgan fingerprint density at radius 2 is 1.86 bits per heavy atom. The van der Waals surface area contributed by atoms with Gasteiger partial charge in [0.05, 0.1) is 0 Å². The van der Waals surface area contributed by atoms with Crippen molar-refractivity contribution < 1.29 is 9.90 Å². The Morgan fingerprint density at radius 1 is 1.14 bits per heavy atom. The summed E-state index contributed by atoms with van der Waals surface area (Å²) in [7, 11) is 0. The van der Waals surface area contributed by atoms with Gasteiger partial charge in [-0.1, -0.05) is 6.42 Å². The second-order valence-corrected chi connectivity index (χ2v) is 6.83. The van der Waals surface area contributed by atoms with E-state index in [1.54, 1.807) is 0 Å². The van der Waals surface area contributed by atoms with Crippen LogP contribution in [0.2, 0.25) is 0 Å². The first-order valence-electron chi connectivity index (χ1n) is 8.23. The van der Waals surface area contributed by atoms with Crippen LogP contribution in [0.4, 0.5) is 5.82 Å². The van der Waals surface area contributed by atoms with E-state index in [0.29, 0.717) is 5.56 Å². The number of fused-ring (bicyclic) bond motifs is 2. The first kappa shape index (κ1) is 13.1. The number of aromatic nitrogens is 1. The van der Waals surface area contributed by atoms with Crippen molar-refractivity contribution in [3.8, 4) is 0 Å². The van der Waals surface area contributed by atoms with Gasteiger partial charge in [-0.3, -0.25) is 0 Å². The Hall–Kier alpha value is -1.58. The van der Waals surface area contributed by atoms with E-state index in [2.05, 4.69) is 4.90 Å². The van der Waals surface area contributed by atoms with Crippen molar-refractivity contribution in [3.05, 3.63) is 22.9 Å². The predicted octanol–water partition coefficient (Wildman–Crippen LogP) is 2.89. The molecule has 2 unspecified atom stereocenters. The molecule has 112 valence electrons. The van der Waals surface area contributed by atoms with Crippen molar-refractivity contribution >= 4 is 11.8 Å². The molecule has 1 aliphatic heterocycles. The molecule has 0 amide bonds. The zero-order chi connectivity index (χ0) is 14.4. The van der Waals surface area contributed by atoms with E-state index in [1.165, 1.54) is 25.7 Å². The largest absolute Gasteiger partial charge is 0.478 e. The number of carbonyl (C=O) groups is 1. The second kappa shape index (κ2) is 5.00. The highest BCUT2D eigenvalue weighted by molar-refractivity contribution is 5.93. The molecule has 0 bridgehead atoms. The summed E-state index contributed by atoms with van der Waals surface area (Å²) in [6.07, 6.45) is 8.25. The number of hydrogen-bond donors (Lipinski definition) is 1. The summed E-state index contributed by atoms with van der Waals surface area (Å²) in [5, 5.41) is 9.56. The summed E-state index contributed by atoms with van der Waals surface area (Å²) in [4.78, 5) is 18.7. The first-order chi connectivity index (χ1) is 10.2. The van der Waals surface area contributed by atoms with E-state index in [1.807, 2.05) is 6.07 Å². The minimum Gasteiger partial charge on any atom is -0.478 e. The lowest BCUT2D eigenvalue weighted by Crippen LogP contribution is -2.26. The zero-order valence-electron chi connectivity index (χ0n) is 12.3. The third kappa shape index (κ3) is 2.21. The number of aryl methyl sites for hydroxylation is 2. The molecule has 0 radical (unpaired) electrons. The molecular weight excluding hydrogens is 264 g/mol. The summed E-state index contributed by atoms with van der Waals surface area (Å²) >= 11 is 0. The van der Waals surface area contributed by atoms with Gasteiger partial charge < -0.3 is 10.0 Å². The molecule has 1 aromatic rings. The second-order valence-electron chi connectivity index (χ2n) is 6.83. The van der Waals surface area contributed by atoms with E-state index in [9.17, 15) is 9.90 Å². The lowest BCUT2D eigenvalue weighted by molar-refractivity contribution is 0.0697. The number of carboxylic acids is 1. The number of anilines is 1. The molecule has 4 heteroatoms. The first-order valence-corrected chi connectivity index (χ1v) is 8.23. The van der Waals surface area contributed by atoms with Crippen LogP contribution in [0.5, 0.6) is 0 Å². The number of nitrogens with zero attached hydrogens (tertiary/aromatic N) is 2. The van der Waals surface area contributed by atoms with Crippen LogP contribution in [0.25, 0.3) is 0 Å². The predicted molar refractivity (Wildman–Crippen MR) is 80.9 cm³/mol. The van der Waals surface area contributed by atoms with Crippen LogP contribution in [-0.4, -0.2) is 29.1 Å². The molecule has 2 fully saturated rings. The van der Waals surface area contributed by atoms with Gasteiger partial charge in [0.2, 0.25) is 0 Å². The third-order valence-electron chi connectivity index (χ3n) is 5.54. The van der Waals surface area contributed by atoms with Crippen LogP contribution >= 0.6 is 0 Å². The van der Waals surface area contributed by atoms with Gasteiger partial charge in [0.1, 0.15) is 11.4 Å². The maximum atomic E-state index is 11.6. The molecule has 1 saturated heterocycles. The van der Waals surface area contributed by atoms with Crippen molar-refractivity contribution in [2.24, 2.45) is 11.8 Å². The average Bonchev–Trinajstić information content (AvgIpc) is 3.07. The molecule has 1 saturated carbocycles. The van der Waals surface area contributed by atoms with Crippen molar-refractivity contribution in [2.75, 3.05) is 18.0 Å². The molecular formula is C17H22N2O2. The monoisotopic (exact) mass is 286 g/mol. The Kier molecular flexibility index (Phi) is 3.12. The highest BCUT2D eigenvalue weighted by atomic mass is 16.4. The third-order valence-corrected chi connectivity index (χ3v) is 5.54. The van der Waals surface area contributed by atoms with Gasteiger partial charge >= 0.3 is 5.97 Å². The number of carboxylic acid groups (broad SMARTS) is 1. The van der Waals surface area contributed by atoms with Gasteiger partial charge in [0.15, 0.2) is 0 Å². The summed E-state index contributed by atoms with van der Waals surface area (Å²) in [6, 6.07) is 1.90. The summed E-state index contributed by atoms with van der Waals surface area (Å²) < 4.78 is 0. The van der Waals surface area contributed by atoms with Crippen LogP contribution < -0.4 is 4.90 Å². The van der Waals surface area contributed by atoms with Crippen molar-refractivity contribution in [1.29, 1.82) is 0 Å². The maximum Gasteiger partial charge on any atom is 0.339 e. The van der Waals surface area contributed by atoms with Crippen LogP contribution in [0.15, 0.2) is 6.07 Å². The number of hydrogen-bond acceptors (Lipinski definition) is 3. The average molecular weight is 286 g/mol. The number of pyridine rings is 1. The highest BCUT2D eigenvalue weighted by Crippen LogP contribution is 2.40. The van der Waals surface area contributed by atoms with Crippen LogP contribution in [0.1, 0.15) is 53.7 Å². The van der Waals surface area contributed by atoms with Gasteiger partial charge in [-0.05, 0) is 62.0 Å². The van der Waals surface area contributed by atoms with Gasteiger partial charge in [-0.2, -0.15) is 0 Å². The zero-order valence-corrected chi connectivity index (χ0v) is 12.3. The van der Waals surface area contributed by atoms with Crippen LogP contribution in [0.3, 0.4) is 0 Å². The minimum absolute atomic E-state index is 0.413. The highest BCUT2D eigenvalue weighted by Gasteiger charge is 2.38. The van der Waals surface area contributed by atoms with Crippen molar-refractivity contribution in [2.45, 2.75) is 44.9 Å². The van der Waals surface area contributed by atoms with Crippen LogP contribution in [0, 0.1) is 11.8 Å². The fourth-order valence-electron chi connectivity index (χ4n) is 4.43. The standard InChI is InChI=1S/C17H22N2O2/c20-17(21)14-8-11-4-1-2-7-15(11)18-16(14)19-9-12-5-3-6-13(12)10-19/h8,12-13H,1-7,9-10H2,(H,20,21). The fourth-order valence-corrected chi connectivity index (χ4v) is 4.43. The van der Waals surface area contributed by atoms with Crippen molar-refractivity contribution in [1.82, 2.24) is 4.98 Å².